The second-order valence-corrected chi connectivity index (χ2v) is 3.65. The van der Waals surface area contributed by atoms with Crippen LogP contribution >= 0.6 is 27.5 Å². The van der Waals surface area contributed by atoms with Crippen LogP contribution in [0.15, 0.2) is 27.8 Å². The highest BCUT2D eigenvalue weighted by atomic mass is 79.9. The van der Waals surface area contributed by atoms with Gasteiger partial charge in [0, 0.05) is 9.50 Å². The lowest BCUT2D eigenvalue weighted by Crippen LogP contribution is -2.12. The van der Waals surface area contributed by atoms with Crippen molar-refractivity contribution in [1.82, 2.24) is 0 Å². The molecule has 0 aliphatic rings. The van der Waals surface area contributed by atoms with Gasteiger partial charge in [0.25, 0.3) is 5.91 Å². The smallest absolute Gasteiger partial charge is 0.270 e. The summed E-state index contributed by atoms with van der Waals surface area (Å²) in [6.45, 7) is 0. The molecule has 0 fully saturated rings. The lowest BCUT2D eigenvalue weighted by Gasteiger charge is -2.04. The van der Waals surface area contributed by atoms with Crippen molar-refractivity contribution < 1.29 is 10.0 Å². The summed E-state index contributed by atoms with van der Waals surface area (Å²) in [5, 5.41) is 13.7. The number of amides is 1. The fourth-order valence-electron chi connectivity index (χ4n) is 0.808. The number of hydrogen-bond acceptors (Lipinski definition) is 3. The molecule has 1 rings (SSSR count). The maximum atomic E-state index is 11.0. The molecule has 0 bridgehead atoms. The summed E-state index contributed by atoms with van der Waals surface area (Å²) in [7, 11) is 0. The van der Waals surface area contributed by atoms with Crippen LogP contribution in [0.1, 0.15) is 0 Å². The molecule has 6 heteroatoms. The summed E-state index contributed by atoms with van der Waals surface area (Å²) >= 11 is 8.93. The highest BCUT2D eigenvalue weighted by Crippen LogP contribution is 2.25. The number of rotatable bonds is 2. The van der Waals surface area contributed by atoms with Crippen molar-refractivity contribution in [2.75, 3.05) is 5.32 Å². The first kappa shape index (κ1) is 11.0. The predicted octanol–water partition coefficient (Wildman–Crippen LogP) is 2.50. The number of oxime groups is 1. The zero-order chi connectivity index (χ0) is 10.6. The molecule has 0 saturated carbocycles. The number of benzene rings is 1. The van der Waals surface area contributed by atoms with Crippen molar-refractivity contribution in [1.29, 1.82) is 0 Å². The maximum absolute atomic E-state index is 11.0. The van der Waals surface area contributed by atoms with Crippen molar-refractivity contribution >= 4 is 45.3 Å². The molecule has 0 aliphatic heterocycles. The Morgan fingerprint density at radius 1 is 1.64 bits per heavy atom. The number of halogens is 2. The van der Waals surface area contributed by atoms with Crippen LogP contribution in [0.5, 0.6) is 0 Å². The van der Waals surface area contributed by atoms with E-state index in [-0.39, 0.29) is 0 Å². The predicted molar refractivity (Wildman–Crippen MR) is 58.1 cm³/mol. The van der Waals surface area contributed by atoms with Crippen molar-refractivity contribution in [2.24, 2.45) is 5.16 Å². The number of carbonyl (C=O) groups is 1. The molecule has 0 aromatic heterocycles. The van der Waals surface area contributed by atoms with E-state index in [1.54, 1.807) is 18.2 Å². The fourth-order valence-corrected chi connectivity index (χ4v) is 1.59. The summed E-state index contributed by atoms with van der Waals surface area (Å²) < 4.78 is 0.657. The van der Waals surface area contributed by atoms with Gasteiger partial charge in [-0.05, 0) is 34.1 Å². The second kappa shape index (κ2) is 4.97. The normalized spacial score (nSPS) is 10.4. The molecule has 0 saturated heterocycles. The molecule has 74 valence electrons. The molecule has 2 N–H and O–H groups in total. The molecule has 0 atom stereocenters. The molecule has 0 aliphatic carbocycles. The van der Waals surface area contributed by atoms with Gasteiger partial charge in [-0.2, -0.15) is 0 Å². The van der Waals surface area contributed by atoms with Crippen LogP contribution in [0.2, 0.25) is 5.02 Å². The zero-order valence-corrected chi connectivity index (χ0v) is 9.21. The fraction of sp³-hybridized carbons (Fsp3) is 0. The van der Waals surface area contributed by atoms with Gasteiger partial charge in [-0.3, -0.25) is 4.79 Å². The first-order valence-corrected chi connectivity index (χ1v) is 4.74. The van der Waals surface area contributed by atoms with Gasteiger partial charge in [-0.15, -0.1) is 0 Å². The van der Waals surface area contributed by atoms with Gasteiger partial charge >= 0.3 is 0 Å². The van der Waals surface area contributed by atoms with Crippen LogP contribution in [0, 0.1) is 0 Å². The van der Waals surface area contributed by atoms with E-state index in [1.807, 2.05) is 0 Å². The molecule has 0 radical (unpaired) electrons. The number of anilines is 1. The summed E-state index contributed by atoms with van der Waals surface area (Å²) in [5.41, 5.74) is 0.555. The highest BCUT2D eigenvalue weighted by Gasteiger charge is 2.03. The van der Waals surface area contributed by atoms with Gasteiger partial charge in [0.2, 0.25) is 0 Å². The van der Waals surface area contributed by atoms with Crippen LogP contribution < -0.4 is 5.32 Å². The molecule has 1 aromatic rings. The van der Waals surface area contributed by atoms with Crippen LogP contribution in [-0.4, -0.2) is 17.3 Å². The summed E-state index contributed by atoms with van der Waals surface area (Å²) in [6.07, 6.45) is 0.765. The quantitative estimate of drug-likeness (QED) is 0.496. The number of hydrogen-bond donors (Lipinski definition) is 2. The summed E-state index contributed by atoms with van der Waals surface area (Å²) in [5.74, 6) is -0.518. The van der Waals surface area contributed by atoms with Gasteiger partial charge in [0.05, 0.1) is 5.69 Å². The third-order valence-corrected chi connectivity index (χ3v) is 2.26. The van der Waals surface area contributed by atoms with E-state index in [1.165, 1.54) is 0 Å². The van der Waals surface area contributed by atoms with E-state index in [4.69, 9.17) is 16.8 Å². The molecule has 0 unspecified atom stereocenters. The zero-order valence-electron chi connectivity index (χ0n) is 6.87. The largest absolute Gasteiger partial charge is 0.411 e. The van der Waals surface area contributed by atoms with Gasteiger partial charge in [0.15, 0.2) is 0 Å². The number of nitrogens with one attached hydrogen (secondary N) is 1. The van der Waals surface area contributed by atoms with E-state index < -0.39 is 5.91 Å². The van der Waals surface area contributed by atoms with E-state index in [0.717, 1.165) is 6.21 Å². The molecule has 1 aromatic carbocycles. The van der Waals surface area contributed by atoms with Gasteiger partial charge in [-0.1, -0.05) is 16.8 Å². The minimum atomic E-state index is -0.518. The SMILES string of the molecule is O=C(C=NO)Nc1ccc(Cl)cc1Br. The number of carbonyl (C=O) groups excluding carboxylic acids is 1. The molecule has 0 heterocycles. The summed E-state index contributed by atoms with van der Waals surface area (Å²) in [6, 6.07) is 4.92. The monoisotopic (exact) mass is 276 g/mol. The summed E-state index contributed by atoms with van der Waals surface area (Å²) in [4.78, 5) is 11.0. The van der Waals surface area contributed by atoms with Crippen LogP contribution in [0.4, 0.5) is 5.69 Å². The first-order chi connectivity index (χ1) is 6.63. The molecule has 14 heavy (non-hydrogen) atoms. The maximum Gasteiger partial charge on any atom is 0.270 e. The standard InChI is InChI=1S/C8H6BrClN2O2/c9-6-3-5(10)1-2-7(6)12-8(13)4-11-14/h1-4,14H,(H,12,13). The van der Waals surface area contributed by atoms with E-state index >= 15 is 0 Å². The van der Waals surface area contributed by atoms with Gasteiger partial charge in [-0.25, -0.2) is 0 Å². The minimum absolute atomic E-state index is 0.518. The Labute approximate surface area is 93.7 Å². The van der Waals surface area contributed by atoms with Crippen LogP contribution in [-0.2, 0) is 4.79 Å². The van der Waals surface area contributed by atoms with Gasteiger partial charge in [0.1, 0.15) is 6.21 Å². The van der Waals surface area contributed by atoms with E-state index in [0.29, 0.717) is 15.2 Å². The van der Waals surface area contributed by atoms with E-state index in [2.05, 4.69) is 26.4 Å². The minimum Gasteiger partial charge on any atom is -0.411 e. The molecule has 0 spiro atoms. The average molecular weight is 278 g/mol. The Hall–Kier alpha value is -1.07. The Morgan fingerprint density at radius 3 is 2.93 bits per heavy atom. The van der Waals surface area contributed by atoms with Crippen LogP contribution in [0.3, 0.4) is 0 Å². The Morgan fingerprint density at radius 2 is 2.36 bits per heavy atom. The number of nitrogens with zero attached hydrogens (tertiary/aromatic N) is 1. The van der Waals surface area contributed by atoms with Gasteiger partial charge < -0.3 is 10.5 Å². The van der Waals surface area contributed by atoms with Crippen molar-refractivity contribution in [3.8, 4) is 0 Å². The third-order valence-electron chi connectivity index (χ3n) is 1.36. The third kappa shape index (κ3) is 3.01. The Kier molecular flexibility index (Phi) is 3.91. The van der Waals surface area contributed by atoms with Crippen molar-refractivity contribution in [3.63, 3.8) is 0 Å². The van der Waals surface area contributed by atoms with Crippen molar-refractivity contribution in [3.05, 3.63) is 27.7 Å². The lowest BCUT2D eigenvalue weighted by atomic mass is 10.3. The first-order valence-electron chi connectivity index (χ1n) is 3.57. The Balaban J connectivity index is 2.82. The average Bonchev–Trinajstić information content (AvgIpc) is 2.10. The molecular weight excluding hydrogens is 271 g/mol. The second-order valence-electron chi connectivity index (χ2n) is 2.36. The highest BCUT2D eigenvalue weighted by molar-refractivity contribution is 9.10. The van der Waals surface area contributed by atoms with Crippen LogP contribution in [0.25, 0.3) is 0 Å². The van der Waals surface area contributed by atoms with Crippen molar-refractivity contribution in [2.45, 2.75) is 0 Å². The molecular formula is C8H6BrClN2O2. The van der Waals surface area contributed by atoms with E-state index in [9.17, 15) is 4.79 Å². The Bertz CT molecular complexity index is 382. The molecule has 4 nitrogen and oxygen atoms in total. The molecule has 1 amide bonds. The lowest BCUT2D eigenvalue weighted by molar-refractivity contribution is -0.110. The topological polar surface area (TPSA) is 61.7 Å².